The van der Waals surface area contributed by atoms with Gasteiger partial charge in [0.2, 0.25) is 0 Å². The van der Waals surface area contributed by atoms with Gasteiger partial charge in [-0.3, -0.25) is 0 Å². The quantitative estimate of drug-likeness (QED) is 0.264. The molecule has 10 nitrogen and oxygen atoms in total. The summed E-state index contributed by atoms with van der Waals surface area (Å²) in [4.78, 5) is 19.5. The van der Waals surface area contributed by atoms with Crippen LogP contribution in [0.15, 0.2) is 0 Å². The molecule has 11 heteroatoms. The number of hydrogen-bond donors (Lipinski definition) is 8. The molecule has 27 heavy (non-hydrogen) atoms. The molecule has 2 atom stereocenters. The molecule has 0 spiro atoms. The SMILES string of the molecule is CC(C)O.CC(C)O.CC(C)O.CC(C)O.O=C(O)C(O)C(O)C(=O)O.[Ti]. The second-order valence-corrected chi connectivity index (χ2v) is 5.94. The monoisotopic (exact) mass is 438 g/mol. The third-order valence-electron chi connectivity index (χ3n) is 0.805. The Labute approximate surface area is 176 Å². The van der Waals surface area contributed by atoms with E-state index in [1.54, 1.807) is 55.4 Å². The molecule has 0 fully saturated rings. The maximum atomic E-state index is 9.77. The number of carbonyl (C=O) groups is 2. The molecule has 0 aromatic carbocycles. The van der Waals surface area contributed by atoms with Crippen LogP contribution in [0.25, 0.3) is 0 Å². The van der Waals surface area contributed by atoms with Crippen molar-refractivity contribution in [1.29, 1.82) is 0 Å². The molecule has 0 aliphatic heterocycles. The number of aliphatic carboxylic acids is 2. The van der Waals surface area contributed by atoms with Gasteiger partial charge in [0, 0.05) is 46.1 Å². The van der Waals surface area contributed by atoms with E-state index in [0.717, 1.165) is 0 Å². The molecule has 0 saturated heterocycles. The van der Waals surface area contributed by atoms with Crippen molar-refractivity contribution in [1.82, 2.24) is 0 Å². The van der Waals surface area contributed by atoms with E-state index in [2.05, 4.69) is 0 Å². The van der Waals surface area contributed by atoms with Gasteiger partial charge in [-0.15, -0.1) is 0 Å². The van der Waals surface area contributed by atoms with E-state index in [1.165, 1.54) is 0 Å². The van der Waals surface area contributed by atoms with E-state index in [4.69, 9.17) is 40.9 Å². The summed E-state index contributed by atoms with van der Waals surface area (Å²) in [6, 6.07) is 0. The van der Waals surface area contributed by atoms with Crippen LogP contribution in [-0.4, -0.2) is 89.4 Å². The summed E-state index contributed by atoms with van der Waals surface area (Å²) in [6.07, 6.45) is -5.20. The van der Waals surface area contributed by atoms with Crippen LogP contribution in [0.4, 0.5) is 0 Å². The summed E-state index contributed by atoms with van der Waals surface area (Å²) >= 11 is 0. The van der Waals surface area contributed by atoms with Crippen LogP contribution in [0.1, 0.15) is 55.4 Å². The smallest absolute Gasteiger partial charge is 0.335 e. The van der Waals surface area contributed by atoms with Crippen molar-refractivity contribution in [3.05, 3.63) is 0 Å². The third-order valence-corrected chi connectivity index (χ3v) is 0.805. The molecule has 0 aromatic rings. The van der Waals surface area contributed by atoms with E-state index in [0.29, 0.717) is 0 Å². The summed E-state index contributed by atoms with van der Waals surface area (Å²) in [6.45, 7) is 13.8. The second-order valence-electron chi connectivity index (χ2n) is 5.94. The molecule has 0 bridgehead atoms. The molecule has 0 aromatic heterocycles. The van der Waals surface area contributed by atoms with Gasteiger partial charge in [0.25, 0.3) is 0 Å². The average Bonchev–Trinajstić information content (AvgIpc) is 2.33. The summed E-state index contributed by atoms with van der Waals surface area (Å²) in [5.41, 5.74) is 0. The number of rotatable bonds is 3. The largest absolute Gasteiger partial charge is 0.479 e. The Morgan fingerprint density at radius 3 is 0.593 bits per heavy atom. The van der Waals surface area contributed by atoms with Crippen molar-refractivity contribution >= 4 is 11.9 Å². The summed E-state index contributed by atoms with van der Waals surface area (Å²) in [7, 11) is 0. The fraction of sp³-hybridized carbons (Fsp3) is 0.875. The third kappa shape index (κ3) is 107. The van der Waals surface area contributed by atoms with Crippen LogP contribution < -0.4 is 0 Å². The first-order chi connectivity index (χ1) is 11.4. The van der Waals surface area contributed by atoms with Crippen molar-refractivity contribution < 1.29 is 72.2 Å². The Bertz CT molecular complexity index is 257. The van der Waals surface area contributed by atoms with E-state index >= 15 is 0 Å². The van der Waals surface area contributed by atoms with Crippen molar-refractivity contribution in [3.8, 4) is 0 Å². The molecule has 0 radical (unpaired) electrons. The Morgan fingerprint density at radius 1 is 0.481 bits per heavy atom. The van der Waals surface area contributed by atoms with Gasteiger partial charge < -0.3 is 40.9 Å². The van der Waals surface area contributed by atoms with E-state index < -0.39 is 24.1 Å². The van der Waals surface area contributed by atoms with Gasteiger partial charge in [-0.05, 0) is 55.4 Å². The number of aliphatic hydroxyl groups excluding tert-OH is 6. The fourth-order valence-corrected chi connectivity index (χ4v) is 0.270. The molecule has 0 saturated carbocycles. The summed E-state index contributed by atoms with van der Waals surface area (Å²) in [5, 5.41) is 64.7. The Kier molecular flexibility index (Phi) is 41.9. The normalized spacial score (nSPS) is 11.2. The van der Waals surface area contributed by atoms with Gasteiger partial charge in [0.15, 0.2) is 12.2 Å². The van der Waals surface area contributed by atoms with Crippen LogP contribution in [0.5, 0.6) is 0 Å². The molecule has 0 rings (SSSR count). The molecular formula is C16H38O10Ti. The van der Waals surface area contributed by atoms with Gasteiger partial charge in [-0.1, -0.05) is 0 Å². The fourth-order valence-electron chi connectivity index (χ4n) is 0.270. The van der Waals surface area contributed by atoms with Gasteiger partial charge in [-0.25, -0.2) is 9.59 Å². The molecule has 2 unspecified atom stereocenters. The van der Waals surface area contributed by atoms with Gasteiger partial charge in [-0.2, -0.15) is 0 Å². The first-order valence-corrected chi connectivity index (χ1v) is 7.93. The average molecular weight is 438 g/mol. The van der Waals surface area contributed by atoms with Crippen molar-refractivity contribution in [3.63, 3.8) is 0 Å². The van der Waals surface area contributed by atoms with Crippen molar-refractivity contribution in [2.24, 2.45) is 0 Å². The number of carboxylic acids is 2. The predicted octanol–water partition coefficient (Wildman–Crippen LogP) is -0.577. The molecular weight excluding hydrogens is 400 g/mol. The standard InChI is InChI=1S/C4H6O6.4C3H8O.Ti/c5-1(3(7)8)2(6)4(9)10;4*1-3(2)4;/h1-2,5-6H,(H,7,8)(H,9,10);4*3-4H,1-2H3;. The maximum absolute atomic E-state index is 9.77. The topological polar surface area (TPSA) is 196 Å². The minimum Gasteiger partial charge on any atom is -0.479 e. The second kappa shape index (κ2) is 27.6. The number of aliphatic hydroxyl groups is 6. The predicted molar refractivity (Wildman–Crippen MR) is 96.7 cm³/mol. The van der Waals surface area contributed by atoms with Crippen LogP contribution >= 0.6 is 0 Å². The van der Waals surface area contributed by atoms with Crippen LogP contribution in [0, 0.1) is 0 Å². The van der Waals surface area contributed by atoms with E-state index in [-0.39, 0.29) is 46.1 Å². The summed E-state index contributed by atoms with van der Waals surface area (Å²) < 4.78 is 0. The first-order valence-electron chi connectivity index (χ1n) is 7.93. The van der Waals surface area contributed by atoms with Crippen molar-refractivity contribution in [2.45, 2.75) is 92.0 Å². The van der Waals surface area contributed by atoms with Gasteiger partial charge >= 0.3 is 11.9 Å². The van der Waals surface area contributed by atoms with Gasteiger partial charge in [0.1, 0.15) is 0 Å². The van der Waals surface area contributed by atoms with Gasteiger partial charge in [0.05, 0.1) is 0 Å². The van der Waals surface area contributed by atoms with E-state index in [9.17, 15) is 9.59 Å². The van der Waals surface area contributed by atoms with Crippen LogP contribution in [0.2, 0.25) is 0 Å². The number of carboxylic acid groups (broad SMARTS) is 2. The minimum absolute atomic E-state index is 0. The van der Waals surface area contributed by atoms with Crippen LogP contribution in [0.3, 0.4) is 0 Å². The zero-order valence-corrected chi connectivity index (χ0v) is 18.9. The molecule has 0 amide bonds. The molecule has 0 aliphatic carbocycles. The zero-order chi connectivity index (χ0) is 22.6. The molecule has 0 aliphatic rings. The molecule has 0 heterocycles. The molecule has 8 N–H and O–H groups in total. The minimum atomic E-state index is -2.27. The maximum Gasteiger partial charge on any atom is 0.335 e. The Hall–Kier alpha value is -0.586. The number of hydrogen-bond acceptors (Lipinski definition) is 8. The van der Waals surface area contributed by atoms with E-state index in [1.807, 2.05) is 0 Å². The Morgan fingerprint density at radius 2 is 0.556 bits per heavy atom. The summed E-state index contributed by atoms with van der Waals surface area (Å²) in [5.74, 6) is -3.54. The van der Waals surface area contributed by atoms with Crippen LogP contribution in [-0.2, 0) is 31.3 Å². The Balaban J connectivity index is -0.0000000552. The van der Waals surface area contributed by atoms with Crippen molar-refractivity contribution in [2.75, 3.05) is 0 Å². The zero-order valence-electron chi connectivity index (χ0n) is 17.4. The molecule has 166 valence electrons. The first kappa shape index (κ1) is 40.9.